The molecule has 0 bridgehead atoms. The zero-order valence-electron chi connectivity index (χ0n) is 18.9. The van der Waals surface area contributed by atoms with Crippen molar-refractivity contribution in [3.63, 3.8) is 0 Å². The lowest BCUT2D eigenvalue weighted by Crippen LogP contribution is -2.60. The number of benzene rings is 1. The number of carbonyl (C=O) groups is 4. The maximum absolute atomic E-state index is 13.1. The number of aliphatic hydroxyl groups excluding tert-OH is 1. The van der Waals surface area contributed by atoms with E-state index in [1.54, 1.807) is 30.3 Å². The summed E-state index contributed by atoms with van der Waals surface area (Å²) in [6, 6.07) is 4.03. The number of carboxylic acids is 1. The number of imidazole rings is 1. The van der Waals surface area contributed by atoms with Crippen molar-refractivity contribution in [2.75, 3.05) is 0 Å². The molecule has 0 saturated heterocycles. The molecule has 8 N–H and O–H groups in total. The molecule has 1 aromatic heterocycles. The van der Waals surface area contributed by atoms with E-state index in [1.165, 1.54) is 26.4 Å². The molecular weight excluding hydrogens is 444 g/mol. The van der Waals surface area contributed by atoms with Crippen LogP contribution in [0.25, 0.3) is 0 Å². The van der Waals surface area contributed by atoms with Gasteiger partial charge in [0.15, 0.2) is 0 Å². The fourth-order valence-corrected chi connectivity index (χ4v) is 3.10. The van der Waals surface area contributed by atoms with Crippen molar-refractivity contribution in [1.29, 1.82) is 0 Å². The van der Waals surface area contributed by atoms with Gasteiger partial charge in [0, 0.05) is 24.7 Å². The first-order chi connectivity index (χ1) is 16.1. The lowest BCUT2D eigenvalue weighted by atomic mass is 10.0. The van der Waals surface area contributed by atoms with Crippen LogP contribution in [0, 0.1) is 0 Å². The minimum Gasteiger partial charge on any atom is -0.480 e. The number of aliphatic carboxylic acids is 1. The summed E-state index contributed by atoms with van der Waals surface area (Å²) in [5, 5.41) is 26.9. The summed E-state index contributed by atoms with van der Waals surface area (Å²) in [7, 11) is 0. The highest BCUT2D eigenvalue weighted by molar-refractivity contribution is 5.94. The molecule has 0 spiro atoms. The third-order valence-corrected chi connectivity index (χ3v) is 4.99. The predicted octanol–water partition coefficient (Wildman–Crippen LogP) is -1.54. The molecule has 3 amide bonds. The highest BCUT2D eigenvalue weighted by Crippen LogP contribution is 2.07. The summed E-state index contributed by atoms with van der Waals surface area (Å²) in [6.07, 6.45) is 1.55. The summed E-state index contributed by atoms with van der Waals surface area (Å²) in [5.41, 5.74) is 6.73. The summed E-state index contributed by atoms with van der Waals surface area (Å²) in [5.74, 6) is -3.48. The van der Waals surface area contributed by atoms with Crippen LogP contribution in [0.1, 0.15) is 25.1 Å². The van der Waals surface area contributed by atoms with E-state index in [0.29, 0.717) is 11.3 Å². The molecule has 0 aliphatic heterocycles. The van der Waals surface area contributed by atoms with E-state index >= 15 is 0 Å². The van der Waals surface area contributed by atoms with Gasteiger partial charge in [-0.3, -0.25) is 14.4 Å². The van der Waals surface area contributed by atoms with E-state index in [9.17, 15) is 29.4 Å². The molecular formula is C22H30N6O6. The van der Waals surface area contributed by atoms with Crippen LogP contribution in [0.4, 0.5) is 0 Å². The molecule has 0 radical (unpaired) electrons. The second kappa shape index (κ2) is 12.5. The third kappa shape index (κ3) is 7.98. The van der Waals surface area contributed by atoms with Gasteiger partial charge in [0.05, 0.1) is 18.5 Å². The number of carbonyl (C=O) groups excluding carboxylic acids is 3. The van der Waals surface area contributed by atoms with Crippen molar-refractivity contribution in [1.82, 2.24) is 25.9 Å². The Balaban J connectivity index is 2.21. The average molecular weight is 475 g/mol. The maximum atomic E-state index is 13.1. The highest BCUT2D eigenvalue weighted by Gasteiger charge is 2.32. The highest BCUT2D eigenvalue weighted by atomic mass is 16.4. The molecule has 34 heavy (non-hydrogen) atoms. The van der Waals surface area contributed by atoms with Crippen LogP contribution >= 0.6 is 0 Å². The van der Waals surface area contributed by atoms with Crippen molar-refractivity contribution >= 4 is 23.7 Å². The fourth-order valence-electron chi connectivity index (χ4n) is 3.10. The molecule has 184 valence electrons. The normalized spacial score (nSPS) is 15.3. The Morgan fingerprint density at radius 1 is 0.971 bits per heavy atom. The number of nitrogens with zero attached hydrogens (tertiary/aromatic N) is 1. The second-order valence-electron chi connectivity index (χ2n) is 7.95. The minimum absolute atomic E-state index is 0.0442. The van der Waals surface area contributed by atoms with Crippen molar-refractivity contribution in [2.45, 2.75) is 57.0 Å². The lowest BCUT2D eigenvalue weighted by molar-refractivity contribution is -0.142. The van der Waals surface area contributed by atoms with E-state index in [4.69, 9.17) is 5.73 Å². The zero-order chi connectivity index (χ0) is 25.3. The average Bonchev–Trinajstić information content (AvgIpc) is 3.29. The fraction of sp³-hybridized carbons (Fsp3) is 0.409. The van der Waals surface area contributed by atoms with Crippen molar-refractivity contribution in [3.8, 4) is 0 Å². The first-order valence-electron chi connectivity index (χ1n) is 10.7. The third-order valence-electron chi connectivity index (χ3n) is 4.99. The molecule has 0 aliphatic carbocycles. The van der Waals surface area contributed by atoms with Gasteiger partial charge in [0.2, 0.25) is 17.7 Å². The van der Waals surface area contributed by atoms with Gasteiger partial charge in [-0.25, -0.2) is 9.78 Å². The van der Waals surface area contributed by atoms with Crippen molar-refractivity contribution in [2.24, 2.45) is 5.73 Å². The predicted molar refractivity (Wildman–Crippen MR) is 121 cm³/mol. The molecule has 5 atom stereocenters. The van der Waals surface area contributed by atoms with Crippen LogP contribution in [0.15, 0.2) is 42.9 Å². The van der Waals surface area contributed by atoms with Crippen LogP contribution in [0.3, 0.4) is 0 Å². The monoisotopic (exact) mass is 474 g/mol. The van der Waals surface area contributed by atoms with Gasteiger partial charge in [-0.2, -0.15) is 0 Å². The molecule has 12 nitrogen and oxygen atoms in total. The number of hydrogen-bond donors (Lipinski definition) is 7. The molecule has 0 aliphatic rings. The zero-order valence-corrected chi connectivity index (χ0v) is 18.9. The SMILES string of the molecule is CC(N)C(=O)NC(C(=O)NC(Cc1ccccc1)C(=O)NC(Cc1cnc[nH]1)C(=O)O)C(C)O. The molecule has 0 fully saturated rings. The Morgan fingerprint density at radius 3 is 2.15 bits per heavy atom. The molecule has 1 aromatic carbocycles. The smallest absolute Gasteiger partial charge is 0.326 e. The Morgan fingerprint density at radius 2 is 1.62 bits per heavy atom. The summed E-state index contributed by atoms with van der Waals surface area (Å²) < 4.78 is 0. The number of hydrogen-bond acceptors (Lipinski definition) is 7. The number of nitrogens with one attached hydrogen (secondary N) is 4. The van der Waals surface area contributed by atoms with Gasteiger partial charge in [0.1, 0.15) is 18.1 Å². The van der Waals surface area contributed by atoms with Gasteiger partial charge in [-0.05, 0) is 19.4 Å². The van der Waals surface area contributed by atoms with Crippen molar-refractivity contribution in [3.05, 3.63) is 54.1 Å². The summed E-state index contributed by atoms with van der Waals surface area (Å²) in [4.78, 5) is 56.2. The number of amides is 3. The first-order valence-corrected chi connectivity index (χ1v) is 10.7. The summed E-state index contributed by atoms with van der Waals surface area (Å²) in [6.45, 7) is 2.73. The lowest BCUT2D eigenvalue weighted by Gasteiger charge is -2.26. The molecule has 0 saturated carbocycles. The Kier molecular flexibility index (Phi) is 9.71. The maximum Gasteiger partial charge on any atom is 0.326 e. The second-order valence-corrected chi connectivity index (χ2v) is 7.95. The van der Waals surface area contributed by atoms with Gasteiger partial charge >= 0.3 is 5.97 Å². The largest absolute Gasteiger partial charge is 0.480 e. The van der Waals surface area contributed by atoms with Gasteiger partial charge in [-0.1, -0.05) is 30.3 Å². The van der Waals surface area contributed by atoms with E-state index in [0.717, 1.165) is 0 Å². The quantitative estimate of drug-likeness (QED) is 0.192. The topological polar surface area (TPSA) is 200 Å². The van der Waals surface area contributed by atoms with Crippen LogP contribution in [0.5, 0.6) is 0 Å². The standard InChI is InChI=1S/C22H30N6O6/c1-12(23)19(30)28-18(13(2)29)21(32)26-16(8-14-6-4-3-5-7-14)20(31)27-17(22(33)34)9-15-10-24-11-25-15/h3-7,10-13,16-18,29H,8-9,23H2,1-2H3,(H,24,25)(H,26,32)(H,27,31)(H,28,30)(H,33,34). The Hall–Kier alpha value is -3.77. The number of aromatic nitrogens is 2. The van der Waals surface area contributed by atoms with Crippen LogP contribution in [0.2, 0.25) is 0 Å². The molecule has 12 heteroatoms. The molecule has 2 rings (SSSR count). The Labute approximate surface area is 196 Å². The number of nitrogens with two attached hydrogens (primary N) is 1. The van der Waals surface area contributed by atoms with Crippen molar-refractivity contribution < 1.29 is 29.4 Å². The van der Waals surface area contributed by atoms with Gasteiger partial charge in [0.25, 0.3) is 0 Å². The van der Waals surface area contributed by atoms with E-state index in [2.05, 4.69) is 25.9 Å². The van der Waals surface area contributed by atoms with E-state index in [-0.39, 0.29) is 12.8 Å². The summed E-state index contributed by atoms with van der Waals surface area (Å²) >= 11 is 0. The van der Waals surface area contributed by atoms with Crippen LogP contribution in [-0.2, 0) is 32.0 Å². The van der Waals surface area contributed by atoms with E-state index in [1.807, 2.05) is 0 Å². The van der Waals surface area contributed by atoms with E-state index < -0.39 is 54.0 Å². The molecule has 5 unspecified atom stereocenters. The number of aromatic amines is 1. The number of aliphatic hydroxyl groups is 1. The number of rotatable bonds is 12. The van der Waals surface area contributed by atoms with Gasteiger partial charge < -0.3 is 36.9 Å². The number of carboxylic acid groups (broad SMARTS) is 1. The minimum atomic E-state index is -1.37. The molecule has 2 aromatic rings. The molecule has 1 heterocycles. The van der Waals surface area contributed by atoms with Crippen LogP contribution in [-0.4, -0.2) is 74.1 Å². The van der Waals surface area contributed by atoms with Gasteiger partial charge in [-0.15, -0.1) is 0 Å². The first kappa shape index (κ1) is 26.5. The van der Waals surface area contributed by atoms with Crippen LogP contribution < -0.4 is 21.7 Å². The number of H-pyrrole nitrogens is 1. The Bertz CT molecular complexity index is 964.